The van der Waals surface area contributed by atoms with Crippen LogP contribution in [0.5, 0.6) is 0 Å². The summed E-state index contributed by atoms with van der Waals surface area (Å²) in [5, 5.41) is 3.78. The third kappa shape index (κ3) is 9.83. The number of hydrogen-bond donors (Lipinski definition) is 1. The van der Waals surface area contributed by atoms with Crippen molar-refractivity contribution in [3.8, 4) is 0 Å². The Hall–Kier alpha value is -0.300. The molecule has 144 valence electrons. The number of carbonyl (C=O) groups excluding carboxylic acids is 1. The van der Waals surface area contributed by atoms with E-state index in [0.29, 0.717) is 5.02 Å². The molecule has 1 aromatic rings. The fraction of sp³-hybridized carbons (Fsp3) is 0.650. The lowest BCUT2D eigenvalue weighted by Crippen LogP contribution is -3.00. The van der Waals surface area contributed by atoms with Crippen LogP contribution in [0.4, 0.5) is 5.69 Å². The Morgan fingerprint density at radius 3 is 1.76 bits per heavy atom. The fourth-order valence-electron chi connectivity index (χ4n) is 3.09. The minimum atomic E-state index is -1.19. The van der Waals surface area contributed by atoms with Gasteiger partial charge in [-0.25, -0.2) is 0 Å². The Bertz CT molecular complexity index is 457. The highest BCUT2D eigenvalue weighted by Crippen LogP contribution is 2.60. The van der Waals surface area contributed by atoms with E-state index in [-0.39, 0.29) is 18.3 Å². The zero-order chi connectivity index (χ0) is 17.8. The molecule has 0 heterocycles. The maximum Gasteiger partial charge on any atom is 0.261 e. The minimum absolute atomic E-state index is 0. The van der Waals surface area contributed by atoms with E-state index < -0.39 is 7.26 Å². The Balaban J connectivity index is 0.00000576. The molecule has 2 nitrogen and oxygen atoms in total. The van der Waals surface area contributed by atoms with Gasteiger partial charge in [0.1, 0.15) is 6.16 Å². The lowest BCUT2D eigenvalue weighted by Gasteiger charge is -2.27. The molecule has 1 N–H and O–H groups in total. The van der Waals surface area contributed by atoms with Crippen molar-refractivity contribution in [2.75, 3.05) is 30.0 Å². The molecule has 0 saturated heterocycles. The van der Waals surface area contributed by atoms with Crippen molar-refractivity contribution >= 4 is 30.5 Å². The molecule has 0 aliphatic carbocycles. The summed E-state index contributed by atoms with van der Waals surface area (Å²) in [4.78, 5) is 12.7. The number of hydrogen-bond acceptors (Lipinski definition) is 1. The summed E-state index contributed by atoms with van der Waals surface area (Å²) in [5.74, 6) is 0.189. The van der Waals surface area contributed by atoms with Crippen molar-refractivity contribution in [1.29, 1.82) is 0 Å². The molecular weight excluding hydrogens is 372 g/mol. The fourth-order valence-corrected chi connectivity index (χ4v) is 8.01. The topological polar surface area (TPSA) is 29.1 Å². The van der Waals surface area contributed by atoms with Gasteiger partial charge in [-0.15, -0.1) is 0 Å². The standard InChI is InChI=1S/C20H33ClNOP.ClH/c1-4-7-14-24(15-8-5-2,16-9-6-3)17-20(23)22-19-12-10-18(21)11-13-19;/h10-13H,4-9,14-17H2,1-3H3;1H. The van der Waals surface area contributed by atoms with Crippen LogP contribution in [0.15, 0.2) is 24.3 Å². The molecule has 0 bridgehead atoms. The molecule has 0 aromatic heterocycles. The smallest absolute Gasteiger partial charge is 0.261 e. The van der Waals surface area contributed by atoms with E-state index in [0.717, 1.165) is 11.8 Å². The summed E-state index contributed by atoms with van der Waals surface area (Å²) in [6.07, 6.45) is 12.0. The van der Waals surface area contributed by atoms with Crippen molar-refractivity contribution in [2.45, 2.75) is 59.3 Å². The van der Waals surface area contributed by atoms with Gasteiger partial charge in [0.15, 0.2) is 0 Å². The zero-order valence-corrected chi connectivity index (χ0v) is 18.4. The van der Waals surface area contributed by atoms with E-state index >= 15 is 0 Å². The maximum atomic E-state index is 12.7. The second kappa shape index (κ2) is 13.8. The van der Waals surface area contributed by atoms with Gasteiger partial charge in [-0.1, -0.05) is 51.6 Å². The maximum absolute atomic E-state index is 12.7. The molecule has 0 unspecified atom stereocenters. The van der Waals surface area contributed by atoms with Gasteiger partial charge in [-0.3, -0.25) is 4.79 Å². The molecule has 1 aromatic carbocycles. The molecule has 0 saturated carbocycles. The Morgan fingerprint density at radius 1 is 0.920 bits per heavy atom. The van der Waals surface area contributed by atoms with Gasteiger partial charge >= 0.3 is 0 Å². The van der Waals surface area contributed by atoms with Gasteiger partial charge in [0, 0.05) is 18.0 Å². The van der Waals surface area contributed by atoms with Gasteiger partial charge in [0.25, 0.3) is 5.91 Å². The summed E-state index contributed by atoms with van der Waals surface area (Å²) >= 11 is 5.92. The van der Waals surface area contributed by atoms with Crippen molar-refractivity contribution in [3.63, 3.8) is 0 Å². The monoisotopic (exact) mass is 405 g/mol. The average molecular weight is 406 g/mol. The highest BCUT2D eigenvalue weighted by Gasteiger charge is 2.37. The number of unbranched alkanes of at least 4 members (excludes halogenated alkanes) is 3. The molecular formula is C20H34Cl2NOP. The van der Waals surface area contributed by atoms with E-state index in [9.17, 15) is 4.79 Å². The molecule has 0 spiro atoms. The van der Waals surface area contributed by atoms with Crippen LogP contribution < -0.4 is 17.7 Å². The summed E-state index contributed by atoms with van der Waals surface area (Å²) in [5.41, 5.74) is 0.851. The van der Waals surface area contributed by atoms with Crippen LogP contribution >= 0.6 is 18.9 Å². The number of nitrogens with one attached hydrogen (secondary N) is 1. The van der Waals surface area contributed by atoms with E-state index in [4.69, 9.17) is 11.6 Å². The second-order valence-electron chi connectivity index (χ2n) is 6.79. The normalized spacial score (nSPS) is 11.0. The predicted octanol–water partition coefficient (Wildman–Crippen LogP) is 3.70. The summed E-state index contributed by atoms with van der Waals surface area (Å²) in [7, 11) is -1.19. The van der Waals surface area contributed by atoms with Gasteiger partial charge in [0.2, 0.25) is 0 Å². The zero-order valence-electron chi connectivity index (χ0n) is 16.0. The molecule has 0 aliphatic heterocycles. The SMILES string of the molecule is CCCC[P+](CCCC)(CCCC)CC(=O)Nc1ccc(Cl)cc1.[Cl-]. The Labute approximate surface area is 166 Å². The number of rotatable bonds is 12. The molecule has 0 atom stereocenters. The van der Waals surface area contributed by atoms with Crippen LogP contribution in [0.1, 0.15) is 59.3 Å². The summed E-state index contributed by atoms with van der Waals surface area (Å²) in [6.45, 7) is 6.76. The number of anilines is 1. The van der Waals surface area contributed by atoms with Gasteiger partial charge in [-0.05, 0) is 43.5 Å². The quantitative estimate of drug-likeness (QED) is 0.527. The van der Waals surface area contributed by atoms with Crippen LogP contribution in [0.2, 0.25) is 5.02 Å². The largest absolute Gasteiger partial charge is 1.00 e. The highest BCUT2D eigenvalue weighted by atomic mass is 35.5. The third-order valence-corrected chi connectivity index (χ3v) is 9.57. The Morgan fingerprint density at radius 2 is 1.36 bits per heavy atom. The van der Waals surface area contributed by atoms with E-state index in [1.165, 1.54) is 57.0 Å². The molecule has 0 aliphatic rings. The van der Waals surface area contributed by atoms with Crippen LogP contribution in [-0.4, -0.2) is 30.6 Å². The van der Waals surface area contributed by atoms with E-state index in [1.54, 1.807) is 0 Å². The number of benzene rings is 1. The third-order valence-electron chi connectivity index (χ3n) is 4.57. The van der Waals surface area contributed by atoms with E-state index in [1.807, 2.05) is 24.3 Å². The first-order valence-electron chi connectivity index (χ1n) is 9.45. The second-order valence-corrected chi connectivity index (χ2v) is 11.6. The number of carbonyl (C=O) groups is 1. The molecule has 0 fully saturated rings. The molecule has 1 rings (SSSR count). The first-order chi connectivity index (χ1) is 11.5. The first kappa shape index (κ1) is 24.7. The van der Waals surface area contributed by atoms with E-state index in [2.05, 4.69) is 26.1 Å². The lowest BCUT2D eigenvalue weighted by atomic mass is 10.3. The van der Waals surface area contributed by atoms with Crippen LogP contribution in [-0.2, 0) is 4.79 Å². The molecule has 25 heavy (non-hydrogen) atoms. The first-order valence-corrected chi connectivity index (χ1v) is 12.4. The van der Waals surface area contributed by atoms with Crippen LogP contribution in [0, 0.1) is 0 Å². The predicted molar refractivity (Wildman–Crippen MR) is 111 cm³/mol. The highest BCUT2D eigenvalue weighted by molar-refractivity contribution is 7.76. The van der Waals surface area contributed by atoms with Crippen LogP contribution in [0.25, 0.3) is 0 Å². The number of amides is 1. The molecule has 1 amide bonds. The van der Waals surface area contributed by atoms with Gasteiger partial charge in [-0.2, -0.15) is 0 Å². The van der Waals surface area contributed by atoms with Crippen LogP contribution in [0.3, 0.4) is 0 Å². The minimum Gasteiger partial charge on any atom is -1.00 e. The average Bonchev–Trinajstić information content (AvgIpc) is 2.58. The van der Waals surface area contributed by atoms with Gasteiger partial charge in [0.05, 0.1) is 18.5 Å². The summed E-state index contributed by atoms with van der Waals surface area (Å²) in [6, 6.07) is 7.41. The number of halogens is 2. The molecule has 5 heteroatoms. The summed E-state index contributed by atoms with van der Waals surface area (Å²) < 4.78 is 0. The van der Waals surface area contributed by atoms with Crippen molar-refractivity contribution in [2.24, 2.45) is 0 Å². The van der Waals surface area contributed by atoms with Crippen molar-refractivity contribution in [1.82, 2.24) is 0 Å². The Kier molecular flexibility index (Phi) is 13.7. The molecule has 0 radical (unpaired) electrons. The lowest BCUT2D eigenvalue weighted by molar-refractivity contribution is -0.113. The van der Waals surface area contributed by atoms with Gasteiger partial charge < -0.3 is 17.7 Å². The van der Waals surface area contributed by atoms with Crippen molar-refractivity contribution in [3.05, 3.63) is 29.3 Å². The van der Waals surface area contributed by atoms with Crippen molar-refractivity contribution < 1.29 is 17.2 Å².